The molecular formula is C37H23N5OPt. The van der Waals surface area contributed by atoms with Crippen LogP contribution in [0.2, 0.25) is 0 Å². The molecule has 0 bridgehead atoms. The Kier molecular flexibility index (Phi) is 6.04. The van der Waals surface area contributed by atoms with E-state index in [1.807, 2.05) is 61.8 Å². The molecule has 0 amide bonds. The standard InChI is InChI=1S/C37H23N5O.Pt/c1-22-23(2)41-32-12-7-6-11-28(32)27-16-14-25(19-30(27)37(41)40-22)43-26-15-17-29-31(20-26)36-39-21-34(24-9-4-3-5-10-24)42(36)33-13-8-18-38-35(29)33;/h3-18,21H,1-2H3;/q-2;+2. The molecular weight excluding hydrogens is 726 g/mol. The van der Waals surface area contributed by atoms with Crippen LogP contribution in [0.5, 0.6) is 11.5 Å². The Morgan fingerprint density at radius 3 is 2.16 bits per heavy atom. The van der Waals surface area contributed by atoms with Gasteiger partial charge in [-0.3, -0.25) is 15.0 Å². The molecule has 0 radical (unpaired) electrons. The minimum atomic E-state index is 0. The fourth-order valence-electron chi connectivity index (χ4n) is 6.30. The first-order valence-electron chi connectivity index (χ1n) is 14.2. The average molecular weight is 749 g/mol. The quantitative estimate of drug-likeness (QED) is 0.134. The minimum Gasteiger partial charge on any atom is -0.497 e. The van der Waals surface area contributed by atoms with E-state index in [1.54, 1.807) is 0 Å². The first-order chi connectivity index (χ1) is 21.2. The van der Waals surface area contributed by atoms with Crippen molar-refractivity contribution in [3.8, 4) is 22.8 Å². The van der Waals surface area contributed by atoms with Gasteiger partial charge in [-0.2, -0.15) is 0 Å². The third-order valence-corrected chi connectivity index (χ3v) is 8.40. The van der Waals surface area contributed by atoms with Crippen molar-refractivity contribution in [2.45, 2.75) is 13.8 Å². The van der Waals surface area contributed by atoms with Gasteiger partial charge in [0.2, 0.25) is 0 Å². The Bertz CT molecular complexity index is 2570. The fraction of sp³-hybridized carbons (Fsp3) is 0.0541. The van der Waals surface area contributed by atoms with Gasteiger partial charge in [0.1, 0.15) is 0 Å². The van der Waals surface area contributed by atoms with Gasteiger partial charge in [0, 0.05) is 40.8 Å². The van der Waals surface area contributed by atoms with Gasteiger partial charge in [0.25, 0.3) is 0 Å². The van der Waals surface area contributed by atoms with Crippen LogP contribution < -0.4 is 4.74 Å². The van der Waals surface area contributed by atoms with Gasteiger partial charge in [0.15, 0.2) is 0 Å². The number of fused-ring (bicyclic) bond motifs is 12. The molecule has 4 aromatic carbocycles. The molecule has 212 valence electrons. The third-order valence-electron chi connectivity index (χ3n) is 8.40. The number of para-hydroxylation sites is 1. The van der Waals surface area contributed by atoms with E-state index in [1.165, 1.54) is 0 Å². The second kappa shape index (κ2) is 10.0. The predicted molar refractivity (Wildman–Crippen MR) is 171 cm³/mol. The Morgan fingerprint density at radius 2 is 1.34 bits per heavy atom. The van der Waals surface area contributed by atoms with Crippen molar-refractivity contribution in [1.29, 1.82) is 0 Å². The van der Waals surface area contributed by atoms with E-state index >= 15 is 0 Å². The van der Waals surface area contributed by atoms with Crippen LogP contribution in [0.15, 0.2) is 103 Å². The number of nitrogens with zero attached hydrogens (tertiary/aromatic N) is 5. The summed E-state index contributed by atoms with van der Waals surface area (Å²) < 4.78 is 10.8. The molecule has 9 rings (SSSR count). The van der Waals surface area contributed by atoms with Crippen molar-refractivity contribution in [2.75, 3.05) is 0 Å². The van der Waals surface area contributed by atoms with E-state index < -0.39 is 0 Å². The van der Waals surface area contributed by atoms with Crippen molar-refractivity contribution >= 4 is 54.8 Å². The largest absolute Gasteiger partial charge is 2.00 e. The summed E-state index contributed by atoms with van der Waals surface area (Å²) in [5.74, 6) is 1.18. The van der Waals surface area contributed by atoms with Gasteiger partial charge >= 0.3 is 21.1 Å². The zero-order valence-electron chi connectivity index (χ0n) is 23.8. The van der Waals surface area contributed by atoms with E-state index in [4.69, 9.17) is 19.7 Å². The normalized spacial score (nSPS) is 11.7. The van der Waals surface area contributed by atoms with Crippen molar-refractivity contribution in [3.63, 3.8) is 0 Å². The van der Waals surface area contributed by atoms with Gasteiger partial charge in [-0.15, -0.1) is 12.1 Å². The number of rotatable bonds is 3. The summed E-state index contributed by atoms with van der Waals surface area (Å²) in [5.41, 5.74) is 8.90. The monoisotopic (exact) mass is 748 g/mol. The van der Waals surface area contributed by atoms with Gasteiger partial charge in [-0.05, 0) is 43.0 Å². The van der Waals surface area contributed by atoms with Crippen LogP contribution in [-0.2, 0) is 21.1 Å². The molecule has 6 nitrogen and oxygen atoms in total. The van der Waals surface area contributed by atoms with Crippen LogP contribution in [0.3, 0.4) is 0 Å². The Morgan fingerprint density at radius 1 is 0.636 bits per heavy atom. The van der Waals surface area contributed by atoms with E-state index in [9.17, 15) is 0 Å². The molecule has 5 aromatic heterocycles. The first-order valence-corrected chi connectivity index (χ1v) is 14.2. The number of benzene rings is 4. The molecule has 0 unspecified atom stereocenters. The number of ether oxygens (including phenoxy) is 1. The van der Waals surface area contributed by atoms with Crippen LogP contribution in [-0.4, -0.2) is 23.8 Å². The topological polar surface area (TPSA) is 56.7 Å². The van der Waals surface area contributed by atoms with Gasteiger partial charge in [-0.1, -0.05) is 94.3 Å². The van der Waals surface area contributed by atoms with Crippen LogP contribution in [0, 0.1) is 26.0 Å². The first kappa shape index (κ1) is 26.6. The molecule has 7 heteroatoms. The van der Waals surface area contributed by atoms with Gasteiger partial charge < -0.3 is 13.5 Å². The summed E-state index contributed by atoms with van der Waals surface area (Å²) in [6, 6.07) is 37.8. The Balaban J connectivity index is 0.00000289. The van der Waals surface area contributed by atoms with Gasteiger partial charge in [-0.25, -0.2) is 0 Å². The van der Waals surface area contributed by atoms with E-state index in [2.05, 4.69) is 76.4 Å². The maximum absolute atomic E-state index is 6.44. The van der Waals surface area contributed by atoms with Crippen LogP contribution in [0.1, 0.15) is 11.4 Å². The van der Waals surface area contributed by atoms with E-state index in [0.29, 0.717) is 11.5 Å². The smallest absolute Gasteiger partial charge is 0.497 e. The minimum absolute atomic E-state index is 0. The van der Waals surface area contributed by atoms with E-state index in [-0.39, 0.29) is 21.1 Å². The van der Waals surface area contributed by atoms with Crippen LogP contribution in [0.4, 0.5) is 0 Å². The van der Waals surface area contributed by atoms with Crippen LogP contribution >= 0.6 is 0 Å². The molecule has 0 aliphatic heterocycles. The molecule has 9 aromatic rings. The number of hydrogen-bond donors (Lipinski definition) is 0. The number of aromatic nitrogens is 5. The summed E-state index contributed by atoms with van der Waals surface area (Å²) in [6.07, 6.45) is 3.74. The SMILES string of the molecule is Cc1nc2c3[c-]c(Oc4[c-]c5c(cc4)c4ncccc4n4c(-c6ccccc6)cnc54)ccc3c3ccccc3n2c1C.[Pt+2]. The third kappa shape index (κ3) is 3.81. The second-order valence-electron chi connectivity index (χ2n) is 10.8. The average Bonchev–Trinajstić information content (AvgIpc) is 3.63. The Hall–Kier alpha value is -5.06. The number of aryl methyl sites for hydroxylation is 2. The molecule has 0 atom stereocenters. The molecule has 0 fully saturated rings. The van der Waals surface area contributed by atoms with Crippen LogP contribution in [0.25, 0.3) is 66.0 Å². The van der Waals surface area contributed by atoms with Crippen molar-refractivity contribution in [2.24, 2.45) is 0 Å². The summed E-state index contributed by atoms with van der Waals surface area (Å²) in [6.45, 7) is 4.15. The predicted octanol–water partition coefficient (Wildman–Crippen LogP) is 8.66. The molecule has 0 spiro atoms. The number of pyridine rings is 3. The molecule has 0 N–H and O–H groups in total. The second-order valence-corrected chi connectivity index (χ2v) is 10.8. The number of imidazole rings is 2. The van der Waals surface area contributed by atoms with Crippen molar-refractivity contribution < 1.29 is 25.8 Å². The molecule has 0 saturated heterocycles. The molecule has 44 heavy (non-hydrogen) atoms. The summed E-state index contributed by atoms with van der Waals surface area (Å²) in [5, 5.41) is 4.99. The maximum atomic E-state index is 6.44. The van der Waals surface area contributed by atoms with Crippen molar-refractivity contribution in [3.05, 3.63) is 127 Å². The van der Waals surface area contributed by atoms with Crippen molar-refractivity contribution in [1.82, 2.24) is 23.8 Å². The molecule has 0 saturated carbocycles. The van der Waals surface area contributed by atoms with E-state index in [0.717, 1.165) is 77.4 Å². The summed E-state index contributed by atoms with van der Waals surface area (Å²) in [4.78, 5) is 14.5. The fourth-order valence-corrected chi connectivity index (χ4v) is 6.30. The number of hydrogen-bond acceptors (Lipinski definition) is 4. The summed E-state index contributed by atoms with van der Waals surface area (Å²) in [7, 11) is 0. The molecule has 0 aliphatic rings. The zero-order chi connectivity index (χ0) is 28.7. The Labute approximate surface area is 266 Å². The molecule has 0 aliphatic carbocycles. The summed E-state index contributed by atoms with van der Waals surface area (Å²) >= 11 is 0. The zero-order valence-corrected chi connectivity index (χ0v) is 26.0. The maximum Gasteiger partial charge on any atom is 2.00 e. The van der Waals surface area contributed by atoms with Gasteiger partial charge in [0.05, 0.1) is 28.0 Å². The molecule has 5 heterocycles.